The van der Waals surface area contributed by atoms with Gasteiger partial charge in [-0.25, -0.2) is 4.39 Å². The lowest BCUT2D eigenvalue weighted by atomic mass is 9.80. The smallest absolute Gasteiger partial charge is 0.217 e. The number of hydrogen-bond donors (Lipinski definition) is 2. The minimum absolute atomic E-state index is 0.0816. The first-order valence-corrected chi connectivity index (χ1v) is 11.0. The van der Waals surface area contributed by atoms with Crippen LogP contribution >= 0.6 is 0 Å². The van der Waals surface area contributed by atoms with E-state index in [0.717, 1.165) is 49.9 Å². The normalized spacial score (nSPS) is 19.7. The predicted octanol–water partition coefficient (Wildman–Crippen LogP) is 3.87. The number of nitrogens with zero attached hydrogens (tertiary/aromatic N) is 1. The number of fused-ring (bicyclic) bond motifs is 1. The van der Waals surface area contributed by atoms with E-state index in [2.05, 4.69) is 28.4 Å². The number of amides is 1. The molecule has 1 fully saturated rings. The fraction of sp³-hybridized carbons (Fsp3) is 0.480. The minimum Gasteiger partial charge on any atom is -0.387 e. The quantitative estimate of drug-likeness (QED) is 0.787. The zero-order valence-electron chi connectivity index (χ0n) is 17.7. The lowest BCUT2D eigenvalue weighted by Gasteiger charge is -2.43. The van der Waals surface area contributed by atoms with Crippen molar-refractivity contribution in [3.8, 4) is 0 Å². The van der Waals surface area contributed by atoms with Gasteiger partial charge in [0.15, 0.2) is 0 Å². The molecular weight excluding hydrogens is 379 g/mol. The highest BCUT2D eigenvalue weighted by molar-refractivity contribution is 5.74. The van der Waals surface area contributed by atoms with E-state index in [9.17, 15) is 14.3 Å². The van der Waals surface area contributed by atoms with E-state index < -0.39 is 11.6 Å². The molecule has 0 spiro atoms. The van der Waals surface area contributed by atoms with E-state index in [0.29, 0.717) is 6.54 Å². The van der Waals surface area contributed by atoms with Crippen LogP contribution in [-0.4, -0.2) is 35.5 Å². The summed E-state index contributed by atoms with van der Waals surface area (Å²) >= 11 is 0. The van der Waals surface area contributed by atoms with Crippen LogP contribution in [0.4, 0.5) is 4.39 Å². The minimum atomic E-state index is -0.517. The second-order valence-electron chi connectivity index (χ2n) is 8.82. The summed E-state index contributed by atoms with van der Waals surface area (Å²) < 4.78 is 13.4. The van der Waals surface area contributed by atoms with E-state index in [-0.39, 0.29) is 11.7 Å². The number of aliphatic hydroxyl groups is 1. The highest BCUT2D eigenvalue weighted by Gasteiger charge is 2.37. The van der Waals surface area contributed by atoms with Crippen LogP contribution in [0.15, 0.2) is 42.5 Å². The molecule has 2 aromatic carbocycles. The molecule has 2 aromatic rings. The molecule has 0 bridgehead atoms. The van der Waals surface area contributed by atoms with Crippen molar-refractivity contribution in [1.29, 1.82) is 0 Å². The van der Waals surface area contributed by atoms with Gasteiger partial charge in [-0.3, -0.25) is 4.79 Å². The second kappa shape index (κ2) is 8.86. The van der Waals surface area contributed by atoms with Crippen LogP contribution < -0.4 is 5.32 Å². The molecule has 4 rings (SSSR count). The van der Waals surface area contributed by atoms with Crippen molar-refractivity contribution >= 4 is 5.91 Å². The van der Waals surface area contributed by atoms with E-state index >= 15 is 0 Å². The first-order chi connectivity index (χ1) is 14.4. The van der Waals surface area contributed by atoms with Crippen molar-refractivity contribution < 1.29 is 14.3 Å². The topological polar surface area (TPSA) is 52.6 Å². The van der Waals surface area contributed by atoms with Crippen molar-refractivity contribution in [3.05, 3.63) is 70.5 Å². The summed E-state index contributed by atoms with van der Waals surface area (Å²) in [6.07, 6.45) is 5.68. The van der Waals surface area contributed by atoms with Crippen LogP contribution in [0.3, 0.4) is 0 Å². The number of hydrogen-bond acceptors (Lipinski definition) is 3. The van der Waals surface area contributed by atoms with Crippen LogP contribution in [0.1, 0.15) is 61.0 Å². The Kier molecular flexibility index (Phi) is 6.21. The Labute approximate surface area is 178 Å². The summed E-state index contributed by atoms with van der Waals surface area (Å²) in [5.41, 5.74) is 4.26. The Morgan fingerprint density at radius 3 is 2.43 bits per heavy atom. The van der Waals surface area contributed by atoms with Gasteiger partial charge in [-0.2, -0.15) is 0 Å². The Balaban J connectivity index is 1.42. The van der Waals surface area contributed by atoms with Crippen molar-refractivity contribution in [3.63, 3.8) is 0 Å². The van der Waals surface area contributed by atoms with Gasteiger partial charge >= 0.3 is 0 Å². The van der Waals surface area contributed by atoms with Crippen LogP contribution in [0, 0.1) is 5.82 Å². The van der Waals surface area contributed by atoms with E-state index in [1.54, 1.807) is 12.1 Å². The molecule has 2 N–H and O–H groups in total. The molecular formula is C25H31FN2O2. The van der Waals surface area contributed by atoms with Gasteiger partial charge in [-0.15, -0.1) is 0 Å². The fourth-order valence-corrected chi connectivity index (χ4v) is 5.02. The van der Waals surface area contributed by atoms with Crippen LogP contribution in [0.5, 0.6) is 0 Å². The van der Waals surface area contributed by atoms with Gasteiger partial charge in [0.1, 0.15) is 5.82 Å². The first kappa shape index (κ1) is 21.0. The zero-order chi connectivity index (χ0) is 21.1. The third-order valence-corrected chi connectivity index (χ3v) is 6.71. The summed E-state index contributed by atoms with van der Waals surface area (Å²) in [4.78, 5) is 14.1. The number of rotatable bonds is 5. The maximum absolute atomic E-state index is 13.4. The molecule has 160 valence electrons. The molecule has 0 radical (unpaired) electrons. The SMILES string of the molecule is CC(=O)NC1(c2ccc(F)cc2)CCN(CC(O)c2ccc3c(c2)CCCC3)CC1. The van der Waals surface area contributed by atoms with Crippen LogP contribution in [-0.2, 0) is 23.2 Å². The molecule has 1 unspecified atom stereocenters. The molecule has 1 amide bonds. The van der Waals surface area contributed by atoms with E-state index in [4.69, 9.17) is 0 Å². The van der Waals surface area contributed by atoms with Gasteiger partial charge < -0.3 is 15.3 Å². The third kappa shape index (κ3) is 4.57. The molecule has 2 aliphatic rings. The Bertz CT molecular complexity index is 889. The number of nitrogens with one attached hydrogen (secondary N) is 1. The Hall–Kier alpha value is -2.24. The Morgan fingerprint density at radius 1 is 1.10 bits per heavy atom. The standard InChI is InChI=1S/C25H31FN2O2/c1-18(29)27-25(22-8-10-23(26)11-9-22)12-14-28(15-13-25)17-24(30)21-7-6-19-4-2-3-5-20(19)16-21/h6-11,16,24,30H,2-5,12-15,17H2,1H3,(H,27,29). The number of likely N-dealkylation sites (tertiary alicyclic amines) is 1. The lowest BCUT2D eigenvalue weighted by molar-refractivity contribution is -0.121. The summed E-state index contributed by atoms with van der Waals surface area (Å²) in [6, 6.07) is 12.9. The van der Waals surface area contributed by atoms with Crippen molar-refractivity contribution in [1.82, 2.24) is 10.2 Å². The zero-order valence-corrected chi connectivity index (χ0v) is 17.7. The summed E-state index contributed by atoms with van der Waals surface area (Å²) in [7, 11) is 0. The van der Waals surface area contributed by atoms with Crippen molar-refractivity contribution in [2.24, 2.45) is 0 Å². The van der Waals surface area contributed by atoms with Gasteiger partial charge in [0.05, 0.1) is 11.6 Å². The van der Waals surface area contributed by atoms with Gasteiger partial charge in [-0.05, 0) is 72.9 Å². The molecule has 30 heavy (non-hydrogen) atoms. The van der Waals surface area contributed by atoms with Crippen molar-refractivity contribution in [2.75, 3.05) is 19.6 Å². The maximum atomic E-state index is 13.4. The number of aryl methyl sites for hydroxylation is 2. The number of β-amino-alcohol motifs (C(OH)–C–C–N with tert-alkyl or cyclic N) is 1. The monoisotopic (exact) mass is 410 g/mol. The molecule has 1 aliphatic heterocycles. The van der Waals surface area contributed by atoms with Crippen LogP contribution in [0.25, 0.3) is 0 Å². The lowest BCUT2D eigenvalue weighted by Crippen LogP contribution is -2.53. The molecule has 1 aliphatic carbocycles. The first-order valence-electron chi connectivity index (χ1n) is 11.0. The van der Waals surface area contributed by atoms with Gasteiger partial charge in [0.2, 0.25) is 5.91 Å². The number of piperidine rings is 1. The molecule has 1 heterocycles. The average Bonchev–Trinajstić information content (AvgIpc) is 2.75. The summed E-state index contributed by atoms with van der Waals surface area (Å²) in [6.45, 7) is 3.63. The molecule has 5 heteroatoms. The van der Waals surface area contributed by atoms with Crippen molar-refractivity contribution in [2.45, 2.75) is 57.1 Å². The molecule has 1 saturated heterocycles. The van der Waals surface area contributed by atoms with Gasteiger partial charge in [0.25, 0.3) is 0 Å². The number of carbonyl (C=O) groups excluding carboxylic acids is 1. The van der Waals surface area contributed by atoms with E-state index in [1.807, 2.05) is 0 Å². The molecule has 0 saturated carbocycles. The van der Waals surface area contributed by atoms with Crippen LogP contribution in [0.2, 0.25) is 0 Å². The van der Waals surface area contributed by atoms with Gasteiger partial charge in [-0.1, -0.05) is 30.3 Å². The third-order valence-electron chi connectivity index (χ3n) is 6.71. The predicted molar refractivity (Wildman–Crippen MR) is 116 cm³/mol. The second-order valence-corrected chi connectivity index (χ2v) is 8.82. The largest absolute Gasteiger partial charge is 0.387 e. The molecule has 4 nitrogen and oxygen atoms in total. The Morgan fingerprint density at radius 2 is 1.77 bits per heavy atom. The maximum Gasteiger partial charge on any atom is 0.217 e. The average molecular weight is 411 g/mol. The number of carbonyl (C=O) groups is 1. The van der Waals surface area contributed by atoms with Gasteiger partial charge in [0, 0.05) is 26.6 Å². The highest BCUT2D eigenvalue weighted by Crippen LogP contribution is 2.34. The number of benzene rings is 2. The summed E-state index contributed by atoms with van der Waals surface area (Å²) in [5, 5.41) is 14.0. The fourth-order valence-electron chi connectivity index (χ4n) is 5.02. The number of halogens is 1. The number of aliphatic hydroxyl groups excluding tert-OH is 1. The van der Waals surface area contributed by atoms with E-state index in [1.165, 1.54) is 43.0 Å². The molecule has 1 atom stereocenters. The molecule has 0 aromatic heterocycles. The summed E-state index contributed by atoms with van der Waals surface area (Å²) in [5.74, 6) is -0.357. The highest BCUT2D eigenvalue weighted by atomic mass is 19.1.